The van der Waals surface area contributed by atoms with Crippen molar-refractivity contribution in [2.75, 3.05) is 0 Å². The van der Waals surface area contributed by atoms with Crippen molar-refractivity contribution in [1.29, 1.82) is 0 Å². The molecule has 0 saturated carbocycles. The zero-order chi connectivity index (χ0) is 27.9. The normalized spacial score (nSPS) is 16.4. The van der Waals surface area contributed by atoms with Crippen molar-refractivity contribution in [3.63, 3.8) is 0 Å². The summed E-state index contributed by atoms with van der Waals surface area (Å²) < 4.78 is 18.2. The summed E-state index contributed by atoms with van der Waals surface area (Å²) in [5.74, 6) is 0. The second kappa shape index (κ2) is 8.80. The minimum atomic E-state index is -0.438. The Morgan fingerprint density at radius 1 is 0.634 bits per heavy atom. The van der Waals surface area contributed by atoms with Gasteiger partial charge in [-0.05, 0) is 63.1 Å². The summed E-state index contributed by atoms with van der Waals surface area (Å²) in [4.78, 5) is 0. The second-order valence-electron chi connectivity index (χ2n) is 12.0. The standard InChI is InChI=1S/C36H30BNO2S/c1-35(2)36(3,4)40-37(39-35)29-22-28-26-14-8-10-16-30(26)38(25-20-18-24(19-21-25)23-12-6-5-7-13-23)33(28)32-27-15-9-11-17-31(27)41-34(29)32/h5-22H,1-4H3. The van der Waals surface area contributed by atoms with Gasteiger partial charge in [-0.2, -0.15) is 0 Å². The van der Waals surface area contributed by atoms with Crippen LogP contribution in [0.5, 0.6) is 0 Å². The Morgan fingerprint density at radius 3 is 1.98 bits per heavy atom. The van der Waals surface area contributed by atoms with E-state index in [1.807, 2.05) is 11.3 Å². The molecule has 5 heteroatoms. The van der Waals surface area contributed by atoms with Crippen molar-refractivity contribution in [2.45, 2.75) is 38.9 Å². The van der Waals surface area contributed by atoms with Gasteiger partial charge < -0.3 is 13.9 Å². The lowest BCUT2D eigenvalue weighted by atomic mass is 9.77. The molecule has 0 spiro atoms. The van der Waals surface area contributed by atoms with Gasteiger partial charge in [-0.15, -0.1) is 11.3 Å². The van der Waals surface area contributed by atoms with Crippen LogP contribution in [-0.2, 0) is 9.31 Å². The number of thiophene rings is 1. The molecule has 0 aliphatic carbocycles. The first-order valence-electron chi connectivity index (χ1n) is 14.2. The highest BCUT2D eigenvalue weighted by molar-refractivity contribution is 7.27. The van der Waals surface area contributed by atoms with Crippen molar-refractivity contribution >= 4 is 65.9 Å². The molecule has 200 valence electrons. The topological polar surface area (TPSA) is 23.4 Å². The van der Waals surface area contributed by atoms with Crippen molar-refractivity contribution in [3.05, 3.63) is 109 Å². The van der Waals surface area contributed by atoms with E-state index in [0.29, 0.717) is 0 Å². The smallest absolute Gasteiger partial charge is 0.399 e. The fourth-order valence-electron chi connectivity index (χ4n) is 6.21. The number of rotatable bonds is 3. The van der Waals surface area contributed by atoms with Gasteiger partial charge in [0.05, 0.1) is 22.2 Å². The number of aromatic nitrogens is 1. The Bertz CT molecular complexity index is 2090. The van der Waals surface area contributed by atoms with Crippen LogP contribution in [0.25, 0.3) is 58.8 Å². The third kappa shape index (κ3) is 3.66. The van der Waals surface area contributed by atoms with E-state index in [0.717, 1.165) is 11.2 Å². The molecule has 0 atom stereocenters. The maximum absolute atomic E-state index is 6.64. The average molecular weight is 552 g/mol. The molecule has 0 radical (unpaired) electrons. The van der Waals surface area contributed by atoms with Crippen LogP contribution < -0.4 is 5.46 Å². The summed E-state index contributed by atoms with van der Waals surface area (Å²) in [5, 5.41) is 4.97. The fraction of sp³-hybridized carbons (Fsp3) is 0.167. The Morgan fingerprint density at radius 2 is 1.24 bits per heavy atom. The van der Waals surface area contributed by atoms with Crippen LogP contribution in [0.2, 0.25) is 0 Å². The Labute approximate surface area is 244 Å². The SMILES string of the molecule is CC1(C)OB(c2cc3c4ccccc4n(-c4ccc(-c5ccccc5)cc4)c3c3c2sc2ccccc23)OC1(C)C. The van der Waals surface area contributed by atoms with Crippen LogP contribution in [-0.4, -0.2) is 22.9 Å². The van der Waals surface area contributed by atoms with E-state index in [2.05, 4.69) is 141 Å². The Hall–Kier alpha value is -3.90. The first-order valence-corrected chi connectivity index (χ1v) is 15.0. The maximum Gasteiger partial charge on any atom is 0.496 e. The zero-order valence-corrected chi connectivity index (χ0v) is 24.5. The van der Waals surface area contributed by atoms with Gasteiger partial charge in [-0.25, -0.2) is 0 Å². The number of hydrogen-bond acceptors (Lipinski definition) is 3. The summed E-state index contributed by atoms with van der Waals surface area (Å²) in [6.45, 7) is 8.49. The van der Waals surface area contributed by atoms with Crippen LogP contribution >= 0.6 is 11.3 Å². The van der Waals surface area contributed by atoms with E-state index >= 15 is 0 Å². The highest BCUT2D eigenvalue weighted by Gasteiger charge is 2.52. The van der Waals surface area contributed by atoms with E-state index < -0.39 is 18.3 Å². The molecule has 1 aliphatic rings. The van der Waals surface area contributed by atoms with Gasteiger partial charge >= 0.3 is 7.12 Å². The second-order valence-corrected chi connectivity index (χ2v) is 13.1. The number of para-hydroxylation sites is 1. The van der Waals surface area contributed by atoms with Crippen molar-refractivity contribution in [3.8, 4) is 16.8 Å². The van der Waals surface area contributed by atoms with Crippen LogP contribution in [0, 0.1) is 0 Å². The third-order valence-corrected chi connectivity index (χ3v) is 10.3. The molecule has 2 aromatic heterocycles. The molecule has 3 heterocycles. The molecule has 0 unspecified atom stereocenters. The van der Waals surface area contributed by atoms with Gasteiger partial charge in [0.2, 0.25) is 0 Å². The van der Waals surface area contributed by atoms with Crippen LogP contribution in [0.3, 0.4) is 0 Å². The first kappa shape index (κ1) is 24.9. The molecule has 7 aromatic rings. The van der Waals surface area contributed by atoms with E-state index in [1.54, 1.807) is 0 Å². The number of hydrogen-bond donors (Lipinski definition) is 0. The van der Waals surface area contributed by atoms with Crippen molar-refractivity contribution < 1.29 is 9.31 Å². The summed E-state index contributed by atoms with van der Waals surface area (Å²) in [6.07, 6.45) is 0. The Balaban J connectivity index is 1.45. The van der Waals surface area contributed by atoms with Crippen LogP contribution in [0.4, 0.5) is 0 Å². The van der Waals surface area contributed by atoms with E-state index in [4.69, 9.17) is 9.31 Å². The average Bonchev–Trinajstić information content (AvgIpc) is 3.59. The Kier molecular flexibility index (Phi) is 5.34. The molecule has 3 nitrogen and oxygen atoms in total. The zero-order valence-electron chi connectivity index (χ0n) is 23.6. The van der Waals surface area contributed by atoms with Gasteiger partial charge in [0.25, 0.3) is 0 Å². The molecule has 0 amide bonds. The summed E-state index contributed by atoms with van der Waals surface area (Å²) >= 11 is 1.83. The largest absolute Gasteiger partial charge is 0.496 e. The molecule has 41 heavy (non-hydrogen) atoms. The number of fused-ring (bicyclic) bond motifs is 7. The molecule has 1 fully saturated rings. The predicted molar refractivity (Wildman–Crippen MR) is 175 cm³/mol. The lowest BCUT2D eigenvalue weighted by Gasteiger charge is -2.32. The lowest BCUT2D eigenvalue weighted by molar-refractivity contribution is 0.00578. The molecular weight excluding hydrogens is 521 g/mol. The number of nitrogens with zero attached hydrogens (tertiary/aromatic N) is 1. The monoisotopic (exact) mass is 551 g/mol. The fourth-order valence-corrected chi connectivity index (χ4v) is 7.44. The molecule has 8 rings (SSSR count). The quantitative estimate of drug-likeness (QED) is 0.205. The summed E-state index contributed by atoms with van der Waals surface area (Å²) in [6, 6.07) is 39.3. The lowest BCUT2D eigenvalue weighted by Crippen LogP contribution is -2.41. The molecule has 0 N–H and O–H groups in total. The van der Waals surface area contributed by atoms with E-state index in [-0.39, 0.29) is 0 Å². The van der Waals surface area contributed by atoms with Crippen molar-refractivity contribution in [1.82, 2.24) is 4.57 Å². The highest BCUT2D eigenvalue weighted by atomic mass is 32.1. The summed E-state index contributed by atoms with van der Waals surface area (Å²) in [7, 11) is -0.438. The van der Waals surface area contributed by atoms with Gasteiger partial charge in [0, 0.05) is 42.1 Å². The molecular formula is C36H30BNO2S. The van der Waals surface area contributed by atoms with Gasteiger partial charge in [-0.1, -0.05) is 84.9 Å². The third-order valence-electron chi connectivity index (χ3n) is 9.05. The van der Waals surface area contributed by atoms with Gasteiger partial charge in [-0.3, -0.25) is 0 Å². The van der Waals surface area contributed by atoms with Gasteiger partial charge in [0.1, 0.15) is 0 Å². The molecule has 5 aromatic carbocycles. The van der Waals surface area contributed by atoms with Crippen molar-refractivity contribution in [2.24, 2.45) is 0 Å². The maximum atomic E-state index is 6.64. The first-order chi connectivity index (χ1) is 19.8. The predicted octanol–water partition coefficient (Wildman–Crippen LogP) is 9.12. The number of benzene rings is 5. The molecule has 1 aliphatic heterocycles. The van der Waals surface area contributed by atoms with E-state index in [1.165, 1.54) is 53.1 Å². The molecule has 0 bridgehead atoms. The highest BCUT2D eigenvalue weighted by Crippen LogP contribution is 2.44. The van der Waals surface area contributed by atoms with Gasteiger partial charge in [0.15, 0.2) is 0 Å². The van der Waals surface area contributed by atoms with E-state index in [9.17, 15) is 0 Å². The minimum absolute atomic E-state index is 0.413. The van der Waals surface area contributed by atoms with Crippen LogP contribution in [0.15, 0.2) is 109 Å². The van der Waals surface area contributed by atoms with Crippen LogP contribution in [0.1, 0.15) is 27.7 Å². The molecule has 1 saturated heterocycles. The minimum Gasteiger partial charge on any atom is -0.399 e. The summed E-state index contributed by atoms with van der Waals surface area (Å²) in [5.41, 5.74) is 6.28.